The maximum absolute atomic E-state index is 11.4. The number of pyridine rings is 1. The van der Waals surface area contributed by atoms with Crippen LogP contribution in [0.4, 0.5) is 0 Å². The van der Waals surface area contributed by atoms with Gasteiger partial charge in [-0.25, -0.2) is 5.84 Å². The van der Waals surface area contributed by atoms with E-state index in [0.717, 1.165) is 38.3 Å². The average molecular weight is 291 g/mol. The van der Waals surface area contributed by atoms with E-state index in [2.05, 4.69) is 34.2 Å². The maximum atomic E-state index is 11.4. The average Bonchev–Trinajstić information content (AvgIpc) is 2.68. The summed E-state index contributed by atoms with van der Waals surface area (Å²) in [6, 6.07) is 4.24. The molecule has 0 radical (unpaired) electrons. The first-order valence-electron chi connectivity index (χ1n) is 7.52. The van der Waals surface area contributed by atoms with Gasteiger partial charge in [-0.3, -0.25) is 20.1 Å². The number of likely N-dealkylation sites (N-methyl/N-ethyl adjacent to an activating group) is 1. The lowest BCUT2D eigenvalue weighted by Gasteiger charge is -2.29. The number of nitrogens with two attached hydrogens (primary N) is 1. The monoisotopic (exact) mass is 291 g/mol. The molecule has 0 aromatic carbocycles. The molecule has 1 fully saturated rings. The normalized spacial score (nSPS) is 21.0. The molecule has 6 nitrogen and oxygen atoms in total. The lowest BCUT2D eigenvalue weighted by molar-refractivity contribution is 0.0953. The van der Waals surface area contributed by atoms with Crippen LogP contribution >= 0.6 is 0 Å². The van der Waals surface area contributed by atoms with Gasteiger partial charge in [0.2, 0.25) is 0 Å². The van der Waals surface area contributed by atoms with Crippen LogP contribution in [0.3, 0.4) is 0 Å². The molecule has 1 aromatic heterocycles. The molecule has 1 aromatic rings. The van der Waals surface area contributed by atoms with Crippen LogP contribution in [0.15, 0.2) is 18.3 Å². The van der Waals surface area contributed by atoms with Crippen molar-refractivity contribution in [3.8, 4) is 0 Å². The van der Waals surface area contributed by atoms with Crippen LogP contribution in [0.2, 0.25) is 0 Å². The zero-order chi connectivity index (χ0) is 15.2. The number of aromatic nitrogens is 1. The van der Waals surface area contributed by atoms with Gasteiger partial charge in [0.1, 0.15) is 0 Å². The Bertz CT molecular complexity index is 462. The fraction of sp³-hybridized carbons (Fsp3) is 0.600. The smallest absolute Gasteiger partial charge is 0.266 e. The zero-order valence-electron chi connectivity index (χ0n) is 12.9. The van der Waals surface area contributed by atoms with Crippen molar-refractivity contribution < 1.29 is 4.79 Å². The Morgan fingerprint density at radius 3 is 2.90 bits per heavy atom. The van der Waals surface area contributed by atoms with Crippen molar-refractivity contribution in [1.82, 2.24) is 20.2 Å². The van der Waals surface area contributed by atoms with Crippen LogP contribution in [0.1, 0.15) is 35.8 Å². The Morgan fingerprint density at radius 1 is 1.48 bits per heavy atom. The lowest BCUT2D eigenvalue weighted by atomic mass is 10.1. The number of hydrogen-bond donors (Lipinski definition) is 2. The third-order valence-corrected chi connectivity index (χ3v) is 4.08. The van der Waals surface area contributed by atoms with Gasteiger partial charge in [0.25, 0.3) is 5.91 Å². The fourth-order valence-corrected chi connectivity index (χ4v) is 2.83. The molecule has 3 N–H and O–H groups in total. The zero-order valence-corrected chi connectivity index (χ0v) is 12.9. The van der Waals surface area contributed by atoms with Crippen LogP contribution in [0, 0.1) is 0 Å². The van der Waals surface area contributed by atoms with E-state index in [1.54, 1.807) is 12.3 Å². The summed E-state index contributed by atoms with van der Waals surface area (Å²) in [5, 5.41) is 0. The minimum absolute atomic E-state index is 0.308. The number of carbonyl (C=O) groups excluding carboxylic acids is 1. The van der Waals surface area contributed by atoms with Gasteiger partial charge in [0.05, 0.1) is 11.3 Å². The Balaban J connectivity index is 2.03. The summed E-state index contributed by atoms with van der Waals surface area (Å²) in [5.41, 5.74) is 3.60. The molecule has 0 aliphatic carbocycles. The number of rotatable bonds is 4. The first kappa shape index (κ1) is 15.9. The Kier molecular flexibility index (Phi) is 5.67. The molecule has 0 bridgehead atoms. The molecule has 2 heterocycles. The number of carbonyl (C=O) groups is 1. The molecule has 116 valence electrons. The van der Waals surface area contributed by atoms with Gasteiger partial charge in [-0.1, -0.05) is 6.92 Å². The second kappa shape index (κ2) is 7.49. The predicted molar refractivity (Wildman–Crippen MR) is 82.5 cm³/mol. The Labute approximate surface area is 126 Å². The molecule has 1 aliphatic heterocycles. The molecule has 21 heavy (non-hydrogen) atoms. The minimum Gasteiger partial charge on any atom is -0.305 e. The summed E-state index contributed by atoms with van der Waals surface area (Å²) in [7, 11) is 2.19. The number of hydrazine groups is 1. The molecular weight excluding hydrogens is 266 g/mol. The molecular formula is C15H25N5O. The van der Waals surface area contributed by atoms with Crippen molar-refractivity contribution in [3.05, 3.63) is 29.6 Å². The highest BCUT2D eigenvalue weighted by atomic mass is 16.2. The van der Waals surface area contributed by atoms with Crippen molar-refractivity contribution in [2.45, 2.75) is 32.4 Å². The molecule has 1 aliphatic rings. The first-order chi connectivity index (χ1) is 10.1. The Morgan fingerprint density at radius 2 is 2.29 bits per heavy atom. The van der Waals surface area contributed by atoms with E-state index in [4.69, 9.17) is 5.84 Å². The van der Waals surface area contributed by atoms with Crippen LogP contribution in [-0.2, 0) is 6.54 Å². The molecule has 1 saturated heterocycles. The molecule has 1 amide bonds. The summed E-state index contributed by atoms with van der Waals surface area (Å²) in [4.78, 5) is 20.7. The van der Waals surface area contributed by atoms with Crippen molar-refractivity contribution >= 4 is 5.91 Å². The summed E-state index contributed by atoms with van der Waals surface area (Å²) < 4.78 is 0. The van der Waals surface area contributed by atoms with Crippen LogP contribution in [0.5, 0.6) is 0 Å². The second-order valence-electron chi connectivity index (χ2n) is 5.66. The van der Waals surface area contributed by atoms with Gasteiger partial charge in [0, 0.05) is 31.9 Å². The van der Waals surface area contributed by atoms with Crippen LogP contribution in [-0.4, -0.2) is 53.4 Å². The SMILES string of the molecule is CCC1CN(C)CCCN1Cc1ccc(C(=O)NN)cn1. The van der Waals surface area contributed by atoms with E-state index in [0.29, 0.717) is 11.6 Å². The molecule has 0 saturated carbocycles. The Hall–Kier alpha value is -1.50. The van der Waals surface area contributed by atoms with E-state index >= 15 is 0 Å². The minimum atomic E-state index is -0.308. The summed E-state index contributed by atoms with van der Waals surface area (Å²) in [5.74, 6) is 4.81. The third kappa shape index (κ3) is 4.23. The van der Waals surface area contributed by atoms with E-state index < -0.39 is 0 Å². The highest BCUT2D eigenvalue weighted by Crippen LogP contribution is 2.15. The fourth-order valence-electron chi connectivity index (χ4n) is 2.83. The summed E-state index contributed by atoms with van der Waals surface area (Å²) in [6.45, 7) is 6.41. The number of hydrogen-bond acceptors (Lipinski definition) is 5. The van der Waals surface area contributed by atoms with Gasteiger partial charge < -0.3 is 4.90 Å². The van der Waals surface area contributed by atoms with E-state index in [1.165, 1.54) is 6.42 Å². The van der Waals surface area contributed by atoms with Gasteiger partial charge in [-0.15, -0.1) is 0 Å². The van der Waals surface area contributed by atoms with E-state index in [1.807, 2.05) is 6.07 Å². The van der Waals surface area contributed by atoms with Crippen LogP contribution < -0.4 is 11.3 Å². The highest BCUT2D eigenvalue weighted by Gasteiger charge is 2.22. The molecule has 2 rings (SSSR count). The quantitative estimate of drug-likeness (QED) is 0.483. The first-order valence-corrected chi connectivity index (χ1v) is 7.52. The van der Waals surface area contributed by atoms with Gasteiger partial charge >= 0.3 is 0 Å². The number of amides is 1. The number of nitrogens with zero attached hydrogens (tertiary/aromatic N) is 3. The van der Waals surface area contributed by atoms with Crippen molar-refractivity contribution in [3.63, 3.8) is 0 Å². The largest absolute Gasteiger partial charge is 0.305 e. The summed E-state index contributed by atoms with van der Waals surface area (Å²) in [6.07, 6.45) is 3.90. The standard InChI is InChI=1S/C15H25N5O/c1-3-14-11-19(2)7-4-8-20(14)10-13-6-5-12(9-17-13)15(21)18-16/h5-6,9,14H,3-4,7-8,10-11,16H2,1-2H3,(H,18,21). The van der Waals surface area contributed by atoms with Crippen molar-refractivity contribution in [2.75, 3.05) is 26.7 Å². The molecule has 1 unspecified atom stereocenters. The second-order valence-corrected chi connectivity index (χ2v) is 5.66. The van der Waals surface area contributed by atoms with E-state index in [9.17, 15) is 4.79 Å². The summed E-state index contributed by atoms with van der Waals surface area (Å²) >= 11 is 0. The van der Waals surface area contributed by atoms with Crippen LogP contribution in [0.25, 0.3) is 0 Å². The van der Waals surface area contributed by atoms with Crippen molar-refractivity contribution in [1.29, 1.82) is 0 Å². The lowest BCUT2D eigenvalue weighted by Crippen LogP contribution is -2.39. The molecule has 6 heteroatoms. The van der Waals surface area contributed by atoms with Gasteiger partial charge in [-0.05, 0) is 38.6 Å². The topological polar surface area (TPSA) is 74.5 Å². The van der Waals surface area contributed by atoms with Crippen molar-refractivity contribution in [2.24, 2.45) is 5.84 Å². The number of nitrogen functional groups attached to an aromatic ring is 1. The molecule has 1 atom stereocenters. The van der Waals surface area contributed by atoms with Gasteiger partial charge in [0.15, 0.2) is 0 Å². The van der Waals surface area contributed by atoms with E-state index in [-0.39, 0.29) is 5.91 Å². The van der Waals surface area contributed by atoms with Gasteiger partial charge in [-0.2, -0.15) is 0 Å². The highest BCUT2D eigenvalue weighted by molar-refractivity contribution is 5.93. The predicted octanol–water partition coefficient (Wildman–Crippen LogP) is 0.601. The third-order valence-electron chi connectivity index (χ3n) is 4.08. The number of nitrogens with one attached hydrogen (secondary N) is 1. The molecule has 0 spiro atoms. The maximum Gasteiger partial charge on any atom is 0.266 e.